The maximum atomic E-state index is 3.79. The summed E-state index contributed by atoms with van der Waals surface area (Å²) in [6.07, 6.45) is 9.87. The number of rotatable bonds is 5. The minimum absolute atomic E-state index is 0.248. The van der Waals surface area contributed by atoms with Crippen LogP contribution in [0.15, 0.2) is 0 Å². The van der Waals surface area contributed by atoms with Crippen LogP contribution in [0.25, 0.3) is 0 Å². The molecule has 0 aromatic heterocycles. The highest BCUT2D eigenvalue weighted by molar-refractivity contribution is 4.93. The molecule has 0 spiro atoms. The SMILES string of the molecule is CCC1(C)CCN(CC2(CNC(C)(C)C)CCCC2)CC1. The van der Waals surface area contributed by atoms with E-state index in [-0.39, 0.29) is 5.54 Å². The highest BCUT2D eigenvalue weighted by Gasteiger charge is 2.38. The Morgan fingerprint density at radius 3 is 2.05 bits per heavy atom. The molecule has 0 unspecified atom stereocenters. The summed E-state index contributed by atoms with van der Waals surface area (Å²) >= 11 is 0. The second-order valence-electron chi connectivity index (χ2n) is 9.25. The zero-order valence-electron chi connectivity index (χ0n) is 15.2. The first-order valence-corrected chi connectivity index (χ1v) is 9.23. The summed E-state index contributed by atoms with van der Waals surface area (Å²) in [5, 5.41) is 3.79. The van der Waals surface area contributed by atoms with E-state index in [0.29, 0.717) is 10.8 Å². The van der Waals surface area contributed by atoms with Crippen LogP contribution in [0.4, 0.5) is 0 Å². The van der Waals surface area contributed by atoms with Crippen molar-refractivity contribution >= 4 is 0 Å². The smallest absolute Gasteiger partial charge is 0.00967 e. The molecule has 2 heteroatoms. The van der Waals surface area contributed by atoms with Crippen LogP contribution in [0.1, 0.15) is 79.6 Å². The van der Waals surface area contributed by atoms with Crippen molar-refractivity contribution in [2.24, 2.45) is 10.8 Å². The van der Waals surface area contributed by atoms with E-state index >= 15 is 0 Å². The van der Waals surface area contributed by atoms with Gasteiger partial charge < -0.3 is 10.2 Å². The molecule has 2 fully saturated rings. The molecular weight excluding hydrogens is 256 g/mol. The van der Waals surface area contributed by atoms with Gasteiger partial charge >= 0.3 is 0 Å². The van der Waals surface area contributed by atoms with Crippen molar-refractivity contribution in [3.8, 4) is 0 Å². The van der Waals surface area contributed by atoms with Crippen LogP contribution in [0.2, 0.25) is 0 Å². The first-order valence-electron chi connectivity index (χ1n) is 9.23. The molecule has 0 amide bonds. The van der Waals surface area contributed by atoms with E-state index in [1.807, 2.05) is 0 Å². The van der Waals surface area contributed by atoms with Gasteiger partial charge in [-0.15, -0.1) is 0 Å². The van der Waals surface area contributed by atoms with Gasteiger partial charge in [-0.1, -0.05) is 33.1 Å². The first-order chi connectivity index (χ1) is 9.76. The lowest BCUT2D eigenvalue weighted by atomic mass is 9.77. The molecule has 0 radical (unpaired) electrons. The van der Waals surface area contributed by atoms with Gasteiger partial charge in [-0.3, -0.25) is 0 Å². The number of piperidine rings is 1. The molecule has 1 saturated heterocycles. The molecule has 0 atom stereocenters. The monoisotopic (exact) mass is 294 g/mol. The molecular formula is C19H38N2. The van der Waals surface area contributed by atoms with Gasteiger partial charge in [0.15, 0.2) is 0 Å². The molecule has 0 bridgehead atoms. The van der Waals surface area contributed by atoms with Crippen molar-refractivity contribution in [3.63, 3.8) is 0 Å². The number of nitrogens with one attached hydrogen (secondary N) is 1. The van der Waals surface area contributed by atoms with E-state index in [2.05, 4.69) is 44.8 Å². The largest absolute Gasteiger partial charge is 0.311 e. The first kappa shape index (κ1) is 17.3. The molecule has 1 N–H and O–H groups in total. The van der Waals surface area contributed by atoms with Crippen molar-refractivity contribution in [3.05, 3.63) is 0 Å². The summed E-state index contributed by atoms with van der Waals surface area (Å²) in [6.45, 7) is 16.9. The third-order valence-corrected chi connectivity index (χ3v) is 6.13. The predicted molar refractivity (Wildman–Crippen MR) is 92.7 cm³/mol. The lowest BCUT2D eigenvalue weighted by Crippen LogP contribution is -2.49. The van der Waals surface area contributed by atoms with Crippen molar-refractivity contribution < 1.29 is 0 Å². The van der Waals surface area contributed by atoms with Crippen LogP contribution in [0.3, 0.4) is 0 Å². The molecule has 1 aliphatic heterocycles. The van der Waals surface area contributed by atoms with Crippen LogP contribution < -0.4 is 5.32 Å². The van der Waals surface area contributed by atoms with Crippen molar-refractivity contribution in [2.45, 2.75) is 85.1 Å². The van der Waals surface area contributed by atoms with E-state index in [1.54, 1.807) is 0 Å². The van der Waals surface area contributed by atoms with Gasteiger partial charge in [-0.25, -0.2) is 0 Å². The molecule has 2 aliphatic rings. The molecule has 2 nitrogen and oxygen atoms in total. The summed E-state index contributed by atoms with van der Waals surface area (Å²) < 4.78 is 0. The van der Waals surface area contributed by atoms with Crippen LogP contribution >= 0.6 is 0 Å². The quantitative estimate of drug-likeness (QED) is 0.806. The number of nitrogens with zero attached hydrogens (tertiary/aromatic N) is 1. The molecule has 0 aromatic rings. The lowest BCUT2D eigenvalue weighted by Gasteiger charge is -2.43. The second-order valence-corrected chi connectivity index (χ2v) is 9.25. The normalized spacial score (nSPS) is 26.1. The Morgan fingerprint density at radius 1 is 1.00 bits per heavy atom. The van der Waals surface area contributed by atoms with E-state index in [4.69, 9.17) is 0 Å². The highest BCUT2D eigenvalue weighted by atomic mass is 15.1. The second kappa shape index (κ2) is 6.58. The summed E-state index contributed by atoms with van der Waals surface area (Å²) in [7, 11) is 0. The van der Waals surface area contributed by atoms with Gasteiger partial charge in [0.1, 0.15) is 0 Å². The Balaban J connectivity index is 1.89. The Labute approximate surface area is 133 Å². The van der Waals surface area contributed by atoms with Crippen molar-refractivity contribution in [1.29, 1.82) is 0 Å². The van der Waals surface area contributed by atoms with Gasteiger partial charge in [0, 0.05) is 18.6 Å². The Bertz CT molecular complexity index is 315. The number of likely N-dealkylation sites (tertiary alicyclic amines) is 1. The van der Waals surface area contributed by atoms with Gasteiger partial charge in [0.2, 0.25) is 0 Å². The van der Waals surface area contributed by atoms with Gasteiger partial charge in [0.25, 0.3) is 0 Å². The van der Waals surface area contributed by atoms with Crippen molar-refractivity contribution in [2.75, 3.05) is 26.2 Å². The molecule has 1 saturated carbocycles. The summed E-state index contributed by atoms with van der Waals surface area (Å²) in [5.74, 6) is 0. The van der Waals surface area contributed by atoms with Gasteiger partial charge in [-0.05, 0) is 70.4 Å². The van der Waals surface area contributed by atoms with Crippen LogP contribution in [-0.4, -0.2) is 36.6 Å². The van der Waals surface area contributed by atoms with Crippen LogP contribution in [0, 0.1) is 10.8 Å². The third kappa shape index (κ3) is 4.96. The summed E-state index contributed by atoms with van der Waals surface area (Å²) in [4.78, 5) is 2.77. The zero-order valence-corrected chi connectivity index (χ0v) is 15.2. The Morgan fingerprint density at radius 2 is 1.57 bits per heavy atom. The average molecular weight is 295 g/mol. The lowest BCUT2D eigenvalue weighted by molar-refractivity contribution is 0.0699. The fourth-order valence-electron chi connectivity index (χ4n) is 4.05. The number of hydrogen-bond acceptors (Lipinski definition) is 2. The maximum absolute atomic E-state index is 3.79. The predicted octanol–water partition coefficient (Wildman–Crippen LogP) is 4.45. The van der Waals surface area contributed by atoms with E-state index < -0.39 is 0 Å². The zero-order chi connectivity index (χ0) is 15.6. The minimum Gasteiger partial charge on any atom is -0.311 e. The molecule has 2 rings (SSSR count). The molecule has 1 heterocycles. The highest BCUT2D eigenvalue weighted by Crippen LogP contribution is 2.41. The van der Waals surface area contributed by atoms with Gasteiger partial charge in [-0.2, -0.15) is 0 Å². The van der Waals surface area contributed by atoms with Crippen LogP contribution in [-0.2, 0) is 0 Å². The summed E-state index contributed by atoms with van der Waals surface area (Å²) in [6, 6.07) is 0. The van der Waals surface area contributed by atoms with Crippen molar-refractivity contribution in [1.82, 2.24) is 10.2 Å². The topological polar surface area (TPSA) is 15.3 Å². The molecule has 124 valence electrons. The fourth-order valence-corrected chi connectivity index (χ4v) is 4.05. The molecule has 1 aliphatic carbocycles. The average Bonchev–Trinajstić information content (AvgIpc) is 2.88. The van der Waals surface area contributed by atoms with Crippen LogP contribution in [0.5, 0.6) is 0 Å². The fraction of sp³-hybridized carbons (Fsp3) is 1.00. The maximum Gasteiger partial charge on any atom is 0.00967 e. The van der Waals surface area contributed by atoms with E-state index in [1.165, 1.54) is 71.1 Å². The third-order valence-electron chi connectivity index (χ3n) is 6.13. The Hall–Kier alpha value is -0.0800. The summed E-state index contributed by atoms with van der Waals surface area (Å²) in [5.41, 5.74) is 1.41. The Kier molecular flexibility index (Phi) is 5.41. The van der Waals surface area contributed by atoms with Gasteiger partial charge in [0.05, 0.1) is 0 Å². The minimum atomic E-state index is 0.248. The van der Waals surface area contributed by atoms with E-state index in [9.17, 15) is 0 Å². The standard InChI is InChI=1S/C19H38N2/c1-6-18(5)11-13-21(14-12-18)16-19(9-7-8-10-19)15-20-17(2,3)4/h20H,6-16H2,1-5H3. The molecule has 21 heavy (non-hydrogen) atoms. The molecule has 0 aromatic carbocycles. The number of hydrogen-bond donors (Lipinski definition) is 1. The van der Waals surface area contributed by atoms with E-state index in [0.717, 1.165) is 0 Å².